The number of halogens is 2. The lowest BCUT2D eigenvalue weighted by molar-refractivity contribution is 0.740. The number of rotatable bonds is 3. The number of nitrogens with one attached hydrogen (secondary N) is 1. The minimum Gasteiger partial charge on any atom is -0.353 e. The van der Waals surface area contributed by atoms with Gasteiger partial charge in [-0.1, -0.05) is 40.4 Å². The first-order valence-electron chi connectivity index (χ1n) is 6.91. The largest absolute Gasteiger partial charge is 0.353 e. The fourth-order valence-electron chi connectivity index (χ4n) is 2.71. The lowest BCUT2D eigenvalue weighted by Gasteiger charge is -2.15. The number of nitrogens with zero attached hydrogens (tertiary/aromatic N) is 2. The van der Waals surface area contributed by atoms with Gasteiger partial charge in [0, 0.05) is 16.7 Å². The summed E-state index contributed by atoms with van der Waals surface area (Å²) < 4.78 is 3.05. The van der Waals surface area contributed by atoms with Gasteiger partial charge in [0.15, 0.2) is 0 Å². The highest BCUT2D eigenvalue weighted by Crippen LogP contribution is 2.29. The van der Waals surface area contributed by atoms with Crippen molar-refractivity contribution < 1.29 is 0 Å². The topological polar surface area (TPSA) is 29.9 Å². The van der Waals surface area contributed by atoms with E-state index >= 15 is 0 Å². The van der Waals surface area contributed by atoms with Crippen molar-refractivity contribution >= 4 is 33.5 Å². The Labute approximate surface area is 132 Å². The molecule has 1 saturated carbocycles. The van der Waals surface area contributed by atoms with E-state index in [0.29, 0.717) is 6.04 Å². The minimum absolute atomic E-state index is 0.529. The summed E-state index contributed by atoms with van der Waals surface area (Å²) in [6, 6.07) is 6.39. The molecule has 0 radical (unpaired) electrons. The molecule has 0 atom stereocenters. The molecule has 2 aromatic rings. The summed E-state index contributed by atoms with van der Waals surface area (Å²) >= 11 is 9.83. The molecule has 20 heavy (non-hydrogen) atoms. The maximum absolute atomic E-state index is 6.33. The molecule has 1 fully saturated rings. The molecule has 0 spiro atoms. The van der Waals surface area contributed by atoms with E-state index in [4.69, 9.17) is 11.6 Å². The lowest BCUT2D eigenvalue weighted by atomic mass is 10.2. The second-order valence-electron chi connectivity index (χ2n) is 5.30. The number of aryl methyl sites for hydroxylation is 1. The Kier molecular flexibility index (Phi) is 4.03. The van der Waals surface area contributed by atoms with Crippen molar-refractivity contribution in [2.45, 2.75) is 38.6 Å². The summed E-state index contributed by atoms with van der Waals surface area (Å²) in [4.78, 5) is 4.60. The van der Waals surface area contributed by atoms with Crippen LogP contribution < -0.4 is 5.32 Å². The van der Waals surface area contributed by atoms with Gasteiger partial charge in [0.1, 0.15) is 0 Å². The van der Waals surface area contributed by atoms with Gasteiger partial charge in [-0.05, 0) is 38.0 Å². The highest BCUT2D eigenvalue weighted by Gasteiger charge is 2.18. The van der Waals surface area contributed by atoms with Crippen LogP contribution in [0.1, 0.15) is 31.4 Å². The number of aromatic nitrogens is 2. The number of hydrogen-bond donors (Lipinski definition) is 1. The smallest absolute Gasteiger partial charge is 0.208 e. The highest BCUT2D eigenvalue weighted by atomic mass is 79.9. The van der Waals surface area contributed by atoms with Crippen LogP contribution in [0.25, 0.3) is 5.69 Å². The molecule has 1 aromatic heterocycles. The molecule has 3 nitrogen and oxygen atoms in total. The first-order chi connectivity index (χ1) is 9.63. The van der Waals surface area contributed by atoms with Gasteiger partial charge >= 0.3 is 0 Å². The molecule has 0 aliphatic heterocycles. The first kappa shape index (κ1) is 14.0. The summed E-state index contributed by atoms with van der Waals surface area (Å²) in [6.07, 6.45) is 7.06. The van der Waals surface area contributed by atoms with Crippen LogP contribution in [0.15, 0.2) is 28.9 Å². The van der Waals surface area contributed by atoms with Crippen LogP contribution in [0, 0.1) is 6.92 Å². The van der Waals surface area contributed by atoms with Crippen LogP contribution in [-0.2, 0) is 0 Å². The Morgan fingerprint density at radius 1 is 1.35 bits per heavy atom. The Balaban J connectivity index is 1.97. The van der Waals surface area contributed by atoms with Crippen molar-refractivity contribution in [3.05, 3.63) is 39.6 Å². The standard InChI is InChI=1S/C15H17BrClN3/c1-10-9-20(14-8-11(16)6-7-13(14)17)15(18-10)19-12-4-2-3-5-12/h6-9,12H,2-5H2,1H3,(H,18,19). The Morgan fingerprint density at radius 3 is 2.85 bits per heavy atom. The van der Waals surface area contributed by atoms with Crippen LogP contribution >= 0.6 is 27.5 Å². The summed E-state index contributed by atoms with van der Waals surface area (Å²) in [5, 5.41) is 4.28. The molecule has 3 rings (SSSR count). The van der Waals surface area contributed by atoms with Crippen LogP contribution in [-0.4, -0.2) is 15.6 Å². The third kappa shape index (κ3) is 2.86. The quantitative estimate of drug-likeness (QED) is 0.845. The van der Waals surface area contributed by atoms with Crippen LogP contribution in [0.3, 0.4) is 0 Å². The SMILES string of the molecule is Cc1cn(-c2cc(Br)ccc2Cl)c(NC2CCCC2)n1. The van der Waals surface area contributed by atoms with Gasteiger partial charge in [-0.2, -0.15) is 0 Å². The molecule has 1 aliphatic carbocycles. The van der Waals surface area contributed by atoms with E-state index in [1.807, 2.05) is 35.9 Å². The monoisotopic (exact) mass is 353 g/mol. The van der Waals surface area contributed by atoms with Crippen LogP contribution in [0.2, 0.25) is 5.02 Å². The lowest BCUT2D eigenvalue weighted by Crippen LogP contribution is -2.17. The average molecular weight is 355 g/mol. The second-order valence-corrected chi connectivity index (χ2v) is 6.62. The molecule has 1 heterocycles. The zero-order valence-electron chi connectivity index (χ0n) is 11.4. The van der Waals surface area contributed by atoms with Crippen molar-refractivity contribution in [1.29, 1.82) is 0 Å². The Hall–Kier alpha value is -1.00. The molecule has 5 heteroatoms. The van der Waals surface area contributed by atoms with E-state index in [1.165, 1.54) is 25.7 Å². The van der Waals surface area contributed by atoms with Crippen LogP contribution in [0.5, 0.6) is 0 Å². The Morgan fingerprint density at radius 2 is 2.10 bits per heavy atom. The van der Waals surface area contributed by atoms with Gasteiger partial charge in [0.2, 0.25) is 5.95 Å². The zero-order valence-corrected chi connectivity index (χ0v) is 13.7. The van der Waals surface area contributed by atoms with E-state index < -0.39 is 0 Å². The predicted molar refractivity (Wildman–Crippen MR) is 86.9 cm³/mol. The molecule has 1 aliphatic rings. The highest BCUT2D eigenvalue weighted by molar-refractivity contribution is 9.10. The Bertz CT molecular complexity index is 618. The van der Waals surface area contributed by atoms with E-state index in [1.54, 1.807) is 0 Å². The maximum atomic E-state index is 6.33. The van der Waals surface area contributed by atoms with Gasteiger partial charge in [0.25, 0.3) is 0 Å². The van der Waals surface area contributed by atoms with Gasteiger partial charge < -0.3 is 5.32 Å². The summed E-state index contributed by atoms with van der Waals surface area (Å²) in [6.45, 7) is 2.00. The third-order valence-electron chi connectivity index (χ3n) is 3.68. The summed E-state index contributed by atoms with van der Waals surface area (Å²) in [7, 11) is 0. The van der Waals surface area contributed by atoms with E-state index in [9.17, 15) is 0 Å². The first-order valence-corrected chi connectivity index (χ1v) is 8.08. The average Bonchev–Trinajstić information content (AvgIpc) is 3.03. The molecular formula is C15H17BrClN3. The van der Waals surface area contributed by atoms with Crippen LogP contribution in [0.4, 0.5) is 5.95 Å². The van der Waals surface area contributed by atoms with Gasteiger partial charge in [0.05, 0.1) is 16.4 Å². The normalized spacial score (nSPS) is 15.8. The fourth-order valence-corrected chi connectivity index (χ4v) is 3.26. The van der Waals surface area contributed by atoms with Gasteiger partial charge in [-0.25, -0.2) is 4.98 Å². The van der Waals surface area contributed by atoms with E-state index in [2.05, 4.69) is 26.2 Å². The van der Waals surface area contributed by atoms with E-state index in [-0.39, 0.29) is 0 Å². The minimum atomic E-state index is 0.529. The fraction of sp³-hybridized carbons (Fsp3) is 0.400. The van der Waals surface area contributed by atoms with Crippen molar-refractivity contribution in [1.82, 2.24) is 9.55 Å². The van der Waals surface area contributed by atoms with Crippen molar-refractivity contribution in [2.24, 2.45) is 0 Å². The molecule has 1 N–H and O–H groups in total. The van der Waals surface area contributed by atoms with Crippen molar-refractivity contribution in [3.63, 3.8) is 0 Å². The van der Waals surface area contributed by atoms with Gasteiger partial charge in [-0.3, -0.25) is 4.57 Å². The molecule has 1 aromatic carbocycles. The molecule has 0 saturated heterocycles. The van der Waals surface area contributed by atoms with E-state index in [0.717, 1.165) is 26.8 Å². The van der Waals surface area contributed by atoms with Crippen molar-refractivity contribution in [2.75, 3.05) is 5.32 Å². The molecule has 106 valence electrons. The number of imidazole rings is 1. The number of benzene rings is 1. The predicted octanol–water partition coefficient (Wildman–Crippen LogP) is 4.95. The second kappa shape index (κ2) is 5.78. The summed E-state index contributed by atoms with van der Waals surface area (Å²) in [5.74, 6) is 0.884. The molecule has 0 bridgehead atoms. The van der Waals surface area contributed by atoms with Gasteiger partial charge in [-0.15, -0.1) is 0 Å². The zero-order chi connectivity index (χ0) is 14.1. The molecule has 0 amide bonds. The van der Waals surface area contributed by atoms with Crippen molar-refractivity contribution in [3.8, 4) is 5.69 Å². The number of hydrogen-bond acceptors (Lipinski definition) is 2. The maximum Gasteiger partial charge on any atom is 0.208 e. The summed E-state index contributed by atoms with van der Waals surface area (Å²) in [5.41, 5.74) is 1.93. The number of anilines is 1. The third-order valence-corrected chi connectivity index (χ3v) is 4.50. The molecule has 0 unspecified atom stereocenters. The molecular weight excluding hydrogens is 338 g/mol.